The highest BCUT2D eigenvalue weighted by atomic mass is 79.9. The molecule has 3 rings (SSSR count). The lowest BCUT2D eigenvalue weighted by atomic mass is 10.3. The van der Waals surface area contributed by atoms with Crippen LogP contribution in [0.5, 0.6) is 0 Å². The maximum atomic E-state index is 12.4. The maximum Gasteiger partial charge on any atom is 0.265 e. The zero-order valence-electron chi connectivity index (χ0n) is 12.3. The number of rotatable bonds is 4. The maximum absolute atomic E-state index is 12.4. The molecule has 0 spiro atoms. The number of nitrogens with one attached hydrogen (secondary N) is 1. The number of tetrazole rings is 1. The summed E-state index contributed by atoms with van der Waals surface area (Å²) in [6.45, 7) is 1.98. The van der Waals surface area contributed by atoms with Gasteiger partial charge in [-0.2, -0.15) is 0 Å². The number of hydrogen-bond acceptors (Lipinski definition) is 6. The molecular weight excluding hydrogens is 398 g/mol. The lowest BCUT2D eigenvalue weighted by molar-refractivity contribution is 0.103. The van der Waals surface area contributed by atoms with Gasteiger partial charge in [-0.3, -0.25) is 4.79 Å². The van der Waals surface area contributed by atoms with Gasteiger partial charge in [0.15, 0.2) is 0 Å². The lowest BCUT2D eigenvalue weighted by Crippen LogP contribution is -2.11. The van der Waals surface area contributed by atoms with Gasteiger partial charge in [-0.05, 0) is 59.4 Å². The molecule has 1 aromatic carbocycles. The van der Waals surface area contributed by atoms with Gasteiger partial charge < -0.3 is 5.32 Å². The molecule has 2 aromatic heterocycles. The molecule has 6 nitrogen and oxygen atoms in total. The molecule has 9 heteroatoms. The van der Waals surface area contributed by atoms with Gasteiger partial charge in [-0.25, -0.2) is 4.68 Å². The zero-order valence-corrected chi connectivity index (χ0v) is 15.5. The average Bonchev–Trinajstić information content (AvgIpc) is 3.11. The number of benzene rings is 1. The van der Waals surface area contributed by atoms with Gasteiger partial charge in [0.2, 0.25) is 5.16 Å². The second-order valence-electron chi connectivity index (χ2n) is 4.69. The van der Waals surface area contributed by atoms with Crippen LogP contribution in [-0.4, -0.2) is 26.1 Å². The quantitative estimate of drug-likeness (QED) is 0.710. The van der Waals surface area contributed by atoms with Crippen molar-refractivity contribution in [3.8, 4) is 0 Å². The Hall–Kier alpha value is -1.71. The summed E-state index contributed by atoms with van der Waals surface area (Å²) in [5, 5.41) is 15.0. The first-order chi connectivity index (χ1) is 11.0. The number of thiophene rings is 1. The van der Waals surface area contributed by atoms with Crippen LogP contribution in [0, 0.1) is 6.92 Å². The largest absolute Gasteiger partial charge is 0.320 e. The molecule has 23 heavy (non-hydrogen) atoms. The van der Waals surface area contributed by atoms with Crippen molar-refractivity contribution in [1.82, 2.24) is 20.2 Å². The molecule has 0 bridgehead atoms. The van der Waals surface area contributed by atoms with Gasteiger partial charge in [0.05, 0.1) is 10.6 Å². The van der Waals surface area contributed by atoms with Crippen molar-refractivity contribution in [3.05, 3.63) is 44.6 Å². The van der Waals surface area contributed by atoms with Crippen molar-refractivity contribution < 1.29 is 4.79 Å². The highest BCUT2D eigenvalue weighted by Gasteiger charge is 2.14. The third-order valence-electron chi connectivity index (χ3n) is 2.94. The van der Waals surface area contributed by atoms with Gasteiger partial charge in [0.1, 0.15) is 0 Å². The van der Waals surface area contributed by atoms with Crippen molar-refractivity contribution >= 4 is 50.6 Å². The molecule has 3 aromatic rings. The second-order valence-corrected chi connectivity index (χ2v) is 7.90. The number of carbonyl (C=O) groups excluding carboxylic acids is 1. The minimum Gasteiger partial charge on any atom is -0.320 e. The van der Waals surface area contributed by atoms with E-state index in [0.29, 0.717) is 15.7 Å². The Morgan fingerprint density at radius 2 is 2.17 bits per heavy atom. The molecular formula is C14H12BrN5OS2. The first-order valence-electron chi connectivity index (χ1n) is 6.60. The summed E-state index contributed by atoms with van der Waals surface area (Å²) in [6.07, 6.45) is 0. The van der Waals surface area contributed by atoms with Crippen LogP contribution in [0.3, 0.4) is 0 Å². The van der Waals surface area contributed by atoms with Crippen LogP contribution in [0.15, 0.2) is 44.9 Å². The third-order valence-corrected chi connectivity index (χ3v) is 5.53. The average molecular weight is 410 g/mol. The summed E-state index contributed by atoms with van der Waals surface area (Å²) < 4.78 is 2.47. The highest BCUT2D eigenvalue weighted by Crippen LogP contribution is 2.34. The molecule has 0 atom stereocenters. The summed E-state index contributed by atoms with van der Waals surface area (Å²) in [6, 6.07) is 9.45. The van der Waals surface area contributed by atoms with Crippen LogP contribution in [0.4, 0.5) is 5.69 Å². The van der Waals surface area contributed by atoms with Crippen molar-refractivity contribution in [2.45, 2.75) is 17.0 Å². The van der Waals surface area contributed by atoms with Gasteiger partial charge in [0, 0.05) is 21.3 Å². The lowest BCUT2D eigenvalue weighted by Gasteiger charge is -2.10. The first-order valence-corrected chi connectivity index (χ1v) is 9.03. The summed E-state index contributed by atoms with van der Waals surface area (Å²) in [5.74, 6) is -0.126. The number of aromatic nitrogens is 4. The van der Waals surface area contributed by atoms with E-state index in [1.54, 1.807) is 11.7 Å². The molecule has 0 aliphatic heterocycles. The predicted molar refractivity (Wildman–Crippen MR) is 94.1 cm³/mol. The van der Waals surface area contributed by atoms with Crippen LogP contribution in [0.1, 0.15) is 14.5 Å². The molecule has 0 aliphatic rings. The fourth-order valence-corrected chi connectivity index (χ4v) is 3.76. The molecule has 1 N–H and O–H groups in total. The van der Waals surface area contributed by atoms with E-state index in [9.17, 15) is 4.79 Å². The normalized spacial score (nSPS) is 10.7. The summed E-state index contributed by atoms with van der Waals surface area (Å²) >= 11 is 6.29. The molecule has 0 unspecified atom stereocenters. The number of amides is 1. The standard InChI is InChI=1S/C14H12BrN5OS2/c1-8-3-5-12(22-8)13(21)16-10-7-9(15)4-6-11(10)23-14-17-18-19-20(14)2/h3-7H,1-2H3,(H,16,21). The minimum absolute atomic E-state index is 0.126. The van der Waals surface area contributed by atoms with E-state index >= 15 is 0 Å². The van der Waals surface area contributed by atoms with Crippen molar-refractivity contribution in [2.24, 2.45) is 7.05 Å². The Morgan fingerprint density at radius 3 is 2.83 bits per heavy atom. The topological polar surface area (TPSA) is 72.7 Å². The van der Waals surface area contributed by atoms with Crippen molar-refractivity contribution in [2.75, 3.05) is 5.32 Å². The Bertz CT molecular complexity index is 860. The number of halogens is 1. The first kappa shape index (κ1) is 16.2. The summed E-state index contributed by atoms with van der Waals surface area (Å²) in [7, 11) is 1.77. The van der Waals surface area contributed by atoms with Crippen LogP contribution in [0.25, 0.3) is 0 Å². The van der Waals surface area contributed by atoms with Crippen LogP contribution < -0.4 is 5.32 Å². The van der Waals surface area contributed by atoms with Crippen molar-refractivity contribution in [3.63, 3.8) is 0 Å². The van der Waals surface area contributed by atoms with Gasteiger partial charge in [-0.1, -0.05) is 15.9 Å². The Morgan fingerprint density at radius 1 is 1.35 bits per heavy atom. The molecule has 0 fully saturated rings. The van der Waals surface area contributed by atoms with Gasteiger partial charge >= 0.3 is 0 Å². The van der Waals surface area contributed by atoms with Crippen molar-refractivity contribution in [1.29, 1.82) is 0 Å². The van der Waals surface area contributed by atoms with Gasteiger partial charge in [-0.15, -0.1) is 16.4 Å². The van der Waals surface area contributed by atoms with E-state index in [1.165, 1.54) is 23.1 Å². The monoisotopic (exact) mass is 409 g/mol. The second kappa shape index (κ2) is 6.81. The number of anilines is 1. The molecule has 0 saturated carbocycles. The number of nitrogens with zero attached hydrogens (tertiary/aromatic N) is 4. The molecule has 0 saturated heterocycles. The van der Waals surface area contributed by atoms with E-state index in [2.05, 4.69) is 36.8 Å². The number of hydrogen-bond donors (Lipinski definition) is 1. The number of aryl methyl sites for hydroxylation is 2. The van der Waals surface area contributed by atoms with E-state index in [-0.39, 0.29) is 5.91 Å². The molecule has 118 valence electrons. The summed E-state index contributed by atoms with van der Waals surface area (Å²) in [5.41, 5.74) is 0.712. The predicted octanol–water partition coefficient (Wildman–Crippen LogP) is 3.75. The van der Waals surface area contributed by atoms with E-state index in [4.69, 9.17) is 0 Å². The van der Waals surface area contributed by atoms with E-state index in [1.807, 2.05) is 37.3 Å². The molecule has 2 heterocycles. The SMILES string of the molecule is Cc1ccc(C(=O)Nc2cc(Br)ccc2Sc2nnnn2C)s1. The minimum atomic E-state index is -0.126. The van der Waals surface area contributed by atoms with Crippen LogP contribution in [0.2, 0.25) is 0 Å². The third kappa shape index (κ3) is 3.80. The smallest absolute Gasteiger partial charge is 0.265 e. The van der Waals surface area contributed by atoms with E-state index in [0.717, 1.165) is 14.2 Å². The zero-order chi connectivity index (χ0) is 16.4. The number of carbonyl (C=O) groups is 1. The fourth-order valence-electron chi connectivity index (χ4n) is 1.84. The molecule has 0 aliphatic carbocycles. The Kier molecular flexibility index (Phi) is 4.79. The fraction of sp³-hybridized carbons (Fsp3) is 0.143. The summed E-state index contributed by atoms with van der Waals surface area (Å²) in [4.78, 5) is 15.0. The Labute approximate surface area is 149 Å². The van der Waals surface area contributed by atoms with Gasteiger partial charge in [0.25, 0.3) is 5.91 Å². The Balaban J connectivity index is 1.87. The highest BCUT2D eigenvalue weighted by molar-refractivity contribution is 9.10. The van der Waals surface area contributed by atoms with Crippen LogP contribution in [-0.2, 0) is 7.05 Å². The van der Waals surface area contributed by atoms with Crippen LogP contribution >= 0.6 is 39.0 Å². The molecule has 1 amide bonds. The van der Waals surface area contributed by atoms with E-state index < -0.39 is 0 Å². The molecule has 0 radical (unpaired) electrons.